The van der Waals surface area contributed by atoms with E-state index in [1.807, 2.05) is 13.8 Å². The second-order valence-electron chi connectivity index (χ2n) is 4.39. The molecule has 0 aliphatic rings. The molecule has 2 heteroatoms. The van der Waals surface area contributed by atoms with Gasteiger partial charge in [0.05, 0.1) is 0 Å². The smallest absolute Gasteiger partial charge is 0.333 e. The second-order valence-corrected chi connectivity index (χ2v) is 4.39. The first-order valence-electron chi connectivity index (χ1n) is 4.63. The highest BCUT2D eigenvalue weighted by Gasteiger charge is 2.23. The average Bonchev–Trinajstić information content (AvgIpc) is 2.01. The van der Waals surface area contributed by atoms with Gasteiger partial charge in [-0.2, -0.15) is 0 Å². The van der Waals surface area contributed by atoms with Crippen LogP contribution in [0.15, 0.2) is 11.6 Å². The molecule has 13 heavy (non-hydrogen) atoms. The van der Waals surface area contributed by atoms with E-state index >= 15 is 0 Å². The molecule has 0 fully saturated rings. The van der Waals surface area contributed by atoms with Crippen molar-refractivity contribution in [3.8, 4) is 0 Å². The summed E-state index contributed by atoms with van der Waals surface area (Å²) in [4.78, 5) is 11.3. The molecule has 0 heterocycles. The molecule has 0 aliphatic heterocycles. The van der Waals surface area contributed by atoms with Crippen molar-refractivity contribution in [3.05, 3.63) is 11.6 Å². The number of rotatable bonds is 2. The Labute approximate surface area is 81.0 Å². The molecule has 0 amide bonds. The van der Waals surface area contributed by atoms with Gasteiger partial charge in [0.15, 0.2) is 0 Å². The number of carbonyl (C=O) groups is 1. The molecule has 0 rings (SSSR count). The van der Waals surface area contributed by atoms with E-state index < -0.39 is 0 Å². The summed E-state index contributed by atoms with van der Waals surface area (Å²) < 4.78 is 5.26. The van der Waals surface area contributed by atoms with E-state index in [4.69, 9.17) is 4.74 Å². The molecular weight excluding hydrogens is 164 g/mol. The highest BCUT2D eigenvalue weighted by molar-refractivity contribution is 5.87. The van der Waals surface area contributed by atoms with Gasteiger partial charge in [0.2, 0.25) is 0 Å². The molecule has 0 aromatic rings. The van der Waals surface area contributed by atoms with Crippen LogP contribution in [0.2, 0.25) is 0 Å². The summed E-state index contributed by atoms with van der Waals surface area (Å²) in [5.74, 6) is -0.218. The summed E-state index contributed by atoms with van der Waals surface area (Å²) in [5, 5.41) is 0. The molecule has 0 saturated heterocycles. The van der Waals surface area contributed by atoms with Gasteiger partial charge >= 0.3 is 5.97 Å². The summed E-state index contributed by atoms with van der Waals surface area (Å²) in [5.41, 5.74) is 0.667. The van der Waals surface area contributed by atoms with E-state index in [2.05, 4.69) is 20.8 Å². The maximum Gasteiger partial charge on any atom is 0.333 e. The predicted molar refractivity (Wildman–Crippen MR) is 54.4 cm³/mol. The minimum absolute atomic E-state index is 0.00365. The summed E-state index contributed by atoms with van der Waals surface area (Å²) in [7, 11) is 0. The van der Waals surface area contributed by atoms with Crippen molar-refractivity contribution in [2.45, 2.75) is 47.6 Å². The minimum Gasteiger partial charge on any atom is -0.459 e. The fraction of sp³-hybridized carbons (Fsp3) is 0.727. The molecule has 1 unspecified atom stereocenters. The fourth-order valence-corrected chi connectivity index (χ4v) is 0.548. The zero-order chi connectivity index (χ0) is 10.6. The lowest BCUT2D eigenvalue weighted by Crippen LogP contribution is -2.28. The van der Waals surface area contributed by atoms with Crippen LogP contribution in [-0.4, -0.2) is 12.1 Å². The summed E-state index contributed by atoms with van der Waals surface area (Å²) in [6.07, 6.45) is 1.70. The number of esters is 1. The van der Waals surface area contributed by atoms with Crippen LogP contribution in [0.5, 0.6) is 0 Å². The van der Waals surface area contributed by atoms with E-state index in [0.29, 0.717) is 5.57 Å². The minimum atomic E-state index is -0.218. The van der Waals surface area contributed by atoms with Crippen molar-refractivity contribution >= 4 is 5.97 Å². The fourth-order valence-electron chi connectivity index (χ4n) is 0.548. The predicted octanol–water partition coefficient (Wildman–Crippen LogP) is 2.93. The van der Waals surface area contributed by atoms with Crippen LogP contribution in [0.1, 0.15) is 41.5 Å². The van der Waals surface area contributed by atoms with Crippen molar-refractivity contribution in [1.82, 2.24) is 0 Å². The number of carbonyl (C=O) groups excluding carboxylic acids is 1. The maximum absolute atomic E-state index is 11.3. The summed E-state index contributed by atoms with van der Waals surface area (Å²) in [6.45, 7) is 11.7. The first-order valence-corrected chi connectivity index (χ1v) is 4.63. The number of hydrogen-bond acceptors (Lipinski definition) is 2. The van der Waals surface area contributed by atoms with E-state index in [0.717, 1.165) is 0 Å². The molecule has 0 aliphatic carbocycles. The molecule has 76 valence electrons. The zero-order valence-corrected chi connectivity index (χ0v) is 9.47. The highest BCUT2D eigenvalue weighted by Crippen LogP contribution is 2.22. The lowest BCUT2D eigenvalue weighted by molar-refractivity contribution is -0.148. The van der Waals surface area contributed by atoms with Gasteiger partial charge < -0.3 is 4.74 Å². The van der Waals surface area contributed by atoms with Crippen molar-refractivity contribution in [2.24, 2.45) is 5.41 Å². The topological polar surface area (TPSA) is 26.3 Å². The van der Waals surface area contributed by atoms with E-state index in [9.17, 15) is 4.79 Å². The van der Waals surface area contributed by atoms with Gasteiger partial charge in [-0.15, -0.1) is 0 Å². The van der Waals surface area contributed by atoms with Gasteiger partial charge in [-0.1, -0.05) is 26.8 Å². The maximum atomic E-state index is 11.3. The quantitative estimate of drug-likeness (QED) is 0.487. The van der Waals surface area contributed by atoms with Crippen LogP contribution in [0, 0.1) is 5.41 Å². The molecule has 0 aromatic carbocycles. The Hall–Kier alpha value is -0.790. The Balaban J connectivity index is 4.23. The lowest BCUT2D eigenvalue weighted by atomic mass is 9.90. The largest absolute Gasteiger partial charge is 0.459 e. The van der Waals surface area contributed by atoms with Gasteiger partial charge in [0.25, 0.3) is 0 Å². The van der Waals surface area contributed by atoms with Crippen molar-refractivity contribution < 1.29 is 9.53 Å². The summed E-state index contributed by atoms with van der Waals surface area (Å²) in [6, 6.07) is 0. The molecule has 0 aromatic heterocycles. The average molecular weight is 184 g/mol. The monoisotopic (exact) mass is 184 g/mol. The van der Waals surface area contributed by atoms with Gasteiger partial charge in [0, 0.05) is 5.57 Å². The zero-order valence-electron chi connectivity index (χ0n) is 9.47. The molecular formula is C11H20O2. The van der Waals surface area contributed by atoms with Gasteiger partial charge in [0.1, 0.15) is 6.10 Å². The first-order chi connectivity index (χ1) is 5.79. The third-order valence-corrected chi connectivity index (χ3v) is 2.26. The molecule has 0 radical (unpaired) electrons. The Morgan fingerprint density at radius 1 is 1.38 bits per heavy atom. The Kier molecular flexibility index (Phi) is 4.18. The third kappa shape index (κ3) is 4.11. The standard InChI is InChI=1S/C11H20O2/c1-7-8(2)10(12)13-9(3)11(4,5)6/h7,9H,1-6H3. The SMILES string of the molecule is CC=C(C)C(=O)OC(C)C(C)(C)C. The van der Waals surface area contributed by atoms with Crippen molar-refractivity contribution in [3.63, 3.8) is 0 Å². The van der Waals surface area contributed by atoms with Gasteiger partial charge in [-0.3, -0.25) is 0 Å². The Bertz CT molecular complexity index is 209. The lowest BCUT2D eigenvalue weighted by Gasteiger charge is -2.26. The van der Waals surface area contributed by atoms with Crippen molar-refractivity contribution in [2.75, 3.05) is 0 Å². The van der Waals surface area contributed by atoms with Crippen LogP contribution in [0.3, 0.4) is 0 Å². The van der Waals surface area contributed by atoms with Crippen LogP contribution >= 0.6 is 0 Å². The van der Waals surface area contributed by atoms with Gasteiger partial charge in [-0.25, -0.2) is 4.79 Å². The van der Waals surface area contributed by atoms with E-state index in [1.54, 1.807) is 13.0 Å². The van der Waals surface area contributed by atoms with Crippen LogP contribution in [0.4, 0.5) is 0 Å². The molecule has 1 atom stereocenters. The van der Waals surface area contributed by atoms with E-state index in [1.165, 1.54) is 0 Å². The van der Waals surface area contributed by atoms with Gasteiger partial charge in [-0.05, 0) is 26.2 Å². The number of ether oxygens (including phenoxy) is 1. The number of allylic oxidation sites excluding steroid dienone is 1. The molecule has 0 spiro atoms. The highest BCUT2D eigenvalue weighted by atomic mass is 16.5. The Morgan fingerprint density at radius 3 is 2.15 bits per heavy atom. The molecule has 2 nitrogen and oxygen atoms in total. The Morgan fingerprint density at radius 2 is 1.85 bits per heavy atom. The van der Waals surface area contributed by atoms with Crippen LogP contribution < -0.4 is 0 Å². The molecule has 0 saturated carbocycles. The molecule has 0 bridgehead atoms. The summed E-state index contributed by atoms with van der Waals surface area (Å²) >= 11 is 0. The second kappa shape index (κ2) is 4.45. The van der Waals surface area contributed by atoms with Crippen molar-refractivity contribution in [1.29, 1.82) is 0 Å². The van der Waals surface area contributed by atoms with Crippen LogP contribution in [0.25, 0.3) is 0 Å². The third-order valence-electron chi connectivity index (χ3n) is 2.26. The molecule has 0 N–H and O–H groups in total. The van der Waals surface area contributed by atoms with E-state index in [-0.39, 0.29) is 17.5 Å². The first kappa shape index (κ1) is 12.2. The number of hydrogen-bond donors (Lipinski definition) is 0. The van der Waals surface area contributed by atoms with Crippen LogP contribution in [-0.2, 0) is 9.53 Å². The normalized spacial score (nSPS) is 15.4.